The van der Waals surface area contributed by atoms with Gasteiger partial charge in [0.05, 0.1) is 6.54 Å². The first-order chi connectivity index (χ1) is 8.19. The Morgan fingerprint density at radius 2 is 2.24 bits per heavy atom. The number of nitrogens with two attached hydrogens (primary N) is 1. The van der Waals surface area contributed by atoms with Crippen molar-refractivity contribution in [3.63, 3.8) is 0 Å². The molecule has 0 atom stereocenters. The molecule has 4 nitrogen and oxygen atoms in total. The summed E-state index contributed by atoms with van der Waals surface area (Å²) in [6, 6.07) is 4.54. The van der Waals surface area contributed by atoms with E-state index in [-0.39, 0.29) is 12.4 Å². The first-order valence-corrected chi connectivity index (χ1v) is 6.14. The third-order valence-electron chi connectivity index (χ3n) is 1.99. The fourth-order valence-electron chi connectivity index (χ4n) is 1.16. The van der Waals surface area contributed by atoms with Crippen LogP contribution in [-0.2, 0) is 12.3 Å². The van der Waals surface area contributed by atoms with E-state index in [9.17, 15) is 4.39 Å². The minimum atomic E-state index is -0.344. The molecular formula is C10H9ClFN3OS. The molecule has 0 aliphatic heterocycles. The molecule has 7 heteroatoms. The average Bonchev–Trinajstić information content (AvgIpc) is 2.76. The van der Waals surface area contributed by atoms with Gasteiger partial charge in [0.25, 0.3) is 5.22 Å². The topological polar surface area (TPSA) is 64.9 Å². The van der Waals surface area contributed by atoms with Gasteiger partial charge in [-0.3, -0.25) is 0 Å². The molecule has 1 aromatic heterocycles. The highest BCUT2D eigenvalue weighted by atomic mass is 35.5. The summed E-state index contributed by atoms with van der Waals surface area (Å²) in [4.78, 5) is 0. The fraction of sp³-hybridized carbons (Fsp3) is 0.200. The minimum absolute atomic E-state index is 0.197. The first kappa shape index (κ1) is 12.3. The van der Waals surface area contributed by atoms with Gasteiger partial charge in [0, 0.05) is 10.8 Å². The maximum absolute atomic E-state index is 13.4. The van der Waals surface area contributed by atoms with Crippen LogP contribution in [-0.4, -0.2) is 10.2 Å². The van der Waals surface area contributed by atoms with E-state index in [1.54, 1.807) is 12.1 Å². The predicted molar refractivity (Wildman–Crippen MR) is 63.2 cm³/mol. The Hall–Kier alpha value is -1.11. The lowest BCUT2D eigenvalue weighted by atomic mass is 10.2. The van der Waals surface area contributed by atoms with Gasteiger partial charge in [-0.05, 0) is 17.7 Å². The van der Waals surface area contributed by atoms with Gasteiger partial charge in [-0.15, -0.1) is 10.2 Å². The lowest BCUT2D eigenvalue weighted by Crippen LogP contribution is -1.95. The summed E-state index contributed by atoms with van der Waals surface area (Å²) in [5.41, 5.74) is 5.87. The van der Waals surface area contributed by atoms with Crippen molar-refractivity contribution in [2.75, 3.05) is 0 Å². The lowest BCUT2D eigenvalue weighted by molar-refractivity contribution is 0.414. The van der Waals surface area contributed by atoms with Crippen LogP contribution in [0.2, 0.25) is 5.02 Å². The highest BCUT2D eigenvalue weighted by Gasteiger charge is 2.08. The molecule has 2 rings (SSSR count). The Bertz CT molecular complexity index is 520. The van der Waals surface area contributed by atoms with Gasteiger partial charge in [0.2, 0.25) is 5.89 Å². The first-order valence-electron chi connectivity index (χ1n) is 4.78. The monoisotopic (exact) mass is 273 g/mol. The molecule has 2 aromatic rings. The van der Waals surface area contributed by atoms with Gasteiger partial charge in [-0.25, -0.2) is 4.39 Å². The molecule has 0 spiro atoms. The summed E-state index contributed by atoms with van der Waals surface area (Å²) in [5.74, 6) is 0.419. The van der Waals surface area contributed by atoms with Gasteiger partial charge in [-0.1, -0.05) is 29.4 Å². The van der Waals surface area contributed by atoms with Crippen molar-refractivity contribution in [3.05, 3.63) is 40.5 Å². The number of hydrogen-bond donors (Lipinski definition) is 1. The number of rotatable bonds is 4. The second kappa shape index (κ2) is 5.48. The van der Waals surface area contributed by atoms with E-state index in [0.29, 0.717) is 27.5 Å². The molecule has 0 fully saturated rings. The van der Waals surface area contributed by atoms with Crippen LogP contribution >= 0.6 is 23.4 Å². The van der Waals surface area contributed by atoms with Crippen molar-refractivity contribution in [1.29, 1.82) is 0 Å². The van der Waals surface area contributed by atoms with E-state index in [1.165, 1.54) is 17.8 Å². The zero-order valence-corrected chi connectivity index (χ0v) is 10.3. The van der Waals surface area contributed by atoms with E-state index in [4.69, 9.17) is 21.8 Å². The van der Waals surface area contributed by atoms with Crippen molar-refractivity contribution in [3.8, 4) is 0 Å². The maximum Gasteiger partial charge on any atom is 0.276 e. The van der Waals surface area contributed by atoms with E-state index < -0.39 is 0 Å². The minimum Gasteiger partial charge on any atom is -0.415 e. The van der Waals surface area contributed by atoms with Crippen LogP contribution in [0.15, 0.2) is 27.8 Å². The molecule has 17 heavy (non-hydrogen) atoms. The highest BCUT2D eigenvalue weighted by Crippen LogP contribution is 2.24. The number of nitrogens with zero attached hydrogens (tertiary/aromatic N) is 2. The highest BCUT2D eigenvalue weighted by molar-refractivity contribution is 7.98. The Balaban J connectivity index is 2.02. The summed E-state index contributed by atoms with van der Waals surface area (Å²) in [6.07, 6.45) is 0. The molecule has 0 aliphatic carbocycles. The van der Waals surface area contributed by atoms with Crippen LogP contribution in [0.1, 0.15) is 11.5 Å². The Labute approximate surface area is 106 Å². The van der Waals surface area contributed by atoms with Crippen LogP contribution in [0.4, 0.5) is 4.39 Å². The summed E-state index contributed by atoms with van der Waals surface area (Å²) in [6.45, 7) is 0.197. The van der Waals surface area contributed by atoms with Gasteiger partial charge in [-0.2, -0.15) is 0 Å². The molecule has 2 N–H and O–H groups in total. The van der Waals surface area contributed by atoms with Crippen molar-refractivity contribution < 1.29 is 8.81 Å². The SMILES string of the molecule is NCc1nnc(SCc2ccc(Cl)cc2F)o1. The van der Waals surface area contributed by atoms with Gasteiger partial charge < -0.3 is 10.2 Å². The van der Waals surface area contributed by atoms with E-state index >= 15 is 0 Å². The zero-order valence-electron chi connectivity index (χ0n) is 8.69. The Morgan fingerprint density at radius 3 is 2.88 bits per heavy atom. The second-order valence-corrected chi connectivity index (χ2v) is 4.55. The Kier molecular flexibility index (Phi) is 3.98. The lowest BCUT2D eigenvalue weighted by Gasteiger charge is -2.00. The molecule has 0 saturated heterocycles. The summed E-state index contributed by atoms with van der Waals surface area (Å²) < 4.78 is 18.6. The third kappa shape index (κ3) is 3.18. The second-order valence-electron chi connectivity index (χ2n) is 3.19. The number of aromatic nitrogens is 2. The molecule has 0 radical (unpaired) electrons. The molecule has 90 valence electrons. The predicted octanol–water partition coefficient (Wildman–Crippen LogP) is 2.61. The van der Waals surface area contributed by atoms with Crippen LogP contribution < -0.4 is 5.73 Å². The standard InChI is InChI=1S/C10H9ClFN3OS/c11-7-2-1-6(8(12)3-7)5-17-10-15-14-9(4-13)16-10/h1-3H,4-5,13H2. The van der Waals surface area contributed by atoms with Gasteiger partial charge in [0.1, 0.15) is 5.82 Å². The van der Waals surface area contributed by atoms with Crippen molar-refractivity contribution in [2.24, 2.45) is 5.73 Å². The van der Waals surface area contributed by atoms with Crippen LogP contribution in [0.5, 0.6) is 0 Å². The summed E-state index contributed by atoms with van der Waals surface area (Å²) >= 11 is 6.91. The molecule has 0 unspecified atom stereocenters. The van der Waals surface area contributed by atoms with Crippen LogP contribution in [0.25, 0.3) is 0 Å². The smallest absolute Gasteiger partial charge is 0.276 e. The molecule has 1 heterocycles. The van der Waals surface area contributed by atoms with E-state index in [2.05, 4.69) is 10.2 Å². The molecule has 0 bridgehead atoms. The number of hydrogen-bond acceptors (Lipinski definition) is 5. The fourth-order valence-corrected chi connectivity index (χ4v) is 2.08. The van der Waals surface area contributed by atoms with Crippen molar-refractivity contribution >= 4 is 23.4 Å². The van der Waals surface area contributed by atoms with E-state index in [1.807, 2.05) is 0 Å². The Morgan fingerprint density at radius 1 is 1.41 bits per heavy atom. The number of halogens is 2. The average molecular weight is 274 g/mol. The summed E-state index contributed by atoms with van der Waals surface area (Å²) in [7, 11) is 0. The zero-order chi connectivity index (χ0) is 12.3. The molecule has 0 aliphatic rings. The molecule has 0 amide bonds. The summed E-state index contributed by atoms with van der Waals surface area (Å²) in [5, 5.41) is 8.22. The maximum atomic E-state index is 13.4. The van der Waals surface area contributed by atoms with Crippen LogP contribution in [0.3, 0.4) is 0 Å². The number of thioether (sulfide) groups is 1. The number of benzene rings is 1. The van der Waals surface area contributed by atoms with Gasteiger partial charge >= 0.3 is 0 Å². The van der Waals surface area contributed by atoms with Gasteiger partial charge in [0.15, 0.2) is 0 Å². The van der Waals surface area contributed by atoms with Crippen LogP contribution in [0, 0.1) is 5.82 Å². The quantitative estimate of drug-likeness (QED) is 0.868. The molecular weight excluding hydrogens is 265 g/mol. The van der Waals surface area contributed by atoms with E-state index in [0.717, 1.165) is 0 Å². The third-order valence-corrected chi connectivity index (χ3v) is 3.09. The molecule has 0 saturated carbocycles. The largest absolute Gasteiger partial charge is 0.415 e. The van der Waals surface area contributed by atoms with Crippen molar-refractivity contribution in [1.82, 2.24) is 10.2 Å². The normalized spacial score (nSPS) is 10.8. The van der Waals surface area contributed by atoms with Crippen molar-refractivity contribution in [2.45, 2.75) is 17.5 Å². The molecule has 1 aromatic carbocycles.